The van der Waals surface area contributed by atoms with Crippen molar-refractivity contribution in [1.29, 1.82) is 0 Å². The van der Waals surface area contributed by atoms with Crippen molar-refractivity contribution in [2.75, 3.05) is 6.61 Å². The van der Waals surface area contributed by atoms with Crippen LogP contribution < -0.4 is 10.5 Å². The Kier molecular flexibility index (Phi) is 3.67. The minimum absolute atomic E-state index is 0.188. The largest absolute Gasteiger partial charge is 0.492 e. The molecule has 1 saturated carbocycles. The Morgan fingerprint density at radius 1 is 1.33 bits per heavy atom. The Bertz CT molecular complexity index is 416. The van der Waals surface area contributed by atoms with E-state index >= 15 is 0 Å². The minimum atomic E-state index is 0.188. The van der Waals surface area contributed by atoms with Gasteiger partial charge in [0.1, 0.15) is 12.4 Å². The lowest BCUT2D eigenvalue weighted by Crippen LogP contribution is -2.30. The maximum absolute atomic E-state index is 6.05. The topological polar surface area (TPSA) is 35.2 Å². The highest BCUT2D eigenvalue weighted by Gasteiger charge is 2.28. The first-order valence-electron chi connectivity index (χ1n) is 6.87. The molecule has 1 atom stereocenters. The quantitative estimate of drug-likeness (QED) is 0.885. The summed E-state index contributed by atoms with van der Waals surface area (Å²) in [6.07, 6.45) is 2.54. The molecular weight excluding hydrogens is 222 g/mol. The fourth-order valence-electron chi connectivity index (χ4n) is 2.12. The summed E-state index contributed by atoms with van der Waals surface area (Å²) in [4.78, 5) is 0. The van der Waals surface area contributed by atoms with E-state index in [0.29, 0.717) is 12.5 Å². The number of rotatable bonds is 4. The summed E-state index contributed by atoms with van der Waals surface area (Å²) >= 11 is 0. The van der Waals surface area contributed by atoms with Gasteiger partial charge in [-0.25, -0.2) is 0 Å². The monoisotopic (exact) mass is 247 g/mol. The van der Waals surface area contributed by atoms with E-state index in [0.717, 1.165) is 5.75 Å². The van der Waals surface area contributed by atoms with Gasteiger partial charge in [0.25, 0.3) is 0 Å². The summed E-state index contributed by atoms with van der Waals surface area (Å²) in [6, 6.07) is 6.66. The molecule has 0 amide bonds. The highest BCUT2D eigenvalue weighted by atomic mass is 16.5. The van der Waals surface area contributed by atoms with Gasteiger partial charge in [0.2, 0.25) is 0 Å². The van der Waals surface area contributed by atoms with Crippen LogP contribution in [-0.4, -0.2) is 12.6 Å². The van der Waals surface area contributed by atoms with Crippen LogP contribution in [0.1, 0.15) is 44.7 Å². The summed E-state index contributed by atoms with van der Waals surface area (Å²) in [5.74, 6) is 1.67. The van der Waals surface area contributed by atoms with Crippen LogP contribution in [0.25, 0.3) is 0 Å². The lowest BCUT2D eigenvalue weighted by atomic mass is 9.86. The second-order valence-electron chi connectivity index (χ2n) is 6.54. The molecule has 0 heterocycles. The van der Waals surface area contributed by atoms with E-state index in [9.17, 15) is 0 Å². The Balaban J connectivity index is 2.00. The minimum Gasteiger partial charge on any atom is -0.492 e. The predicted octanol–water partition coefficient (Wildman–Crippen LogP) is 3.41. The number of ether oxygens (including phenoxy) is 1. The van der Waals surface area contributed by atoms with Crippen molar-refractivity contribution in [2.45, 2.75) is 52.0 Å². The Morgan fingerprint density at radius 3 is 2.50 bits per heavy atom. The highest BCUT2D eigenvalue weighted by molar-refractivity contribution is 5.38. The molecule has 1 aromatic rings. The van der Waals surface area contributed by atoms with Gasteiger partial charge in [-0.3, -0.25) is 0 Å². The maximum Gasteiger partial charge on any atom is 0.122 e. The molecule has 1 aromatic carbocycles. The number of aryl methyl sites for hydroxylation is 1. The molecule has 18 heavy (non-hydrogen) atoms. The molecule has 0 aromatic heterocycles. The molecule has 1 aliphatic rings. The second-order valence-corrected chi connectivity index (χ2v) is 6.54. The van der Waals surface area contributed by atoms with Gasteiger partial charge in [-0.05, 0) is 48.3 Å². The molecule has 0 spiro atoms. The van der Waals surface area contributed by atoms with Crippen LogP contribution in [0, 0.1) is 12.8 Å². The van der Waals surface area contributed by atoms with Gasteiger partial charge in [0, 0.05) is 6.04 Å². The first kappa shape index (κ1) is 13.4. The Hall–Kier alpha value is -1.02. The van der Waals surface area contributed by atoms with Crippen molar-refractivity contribution in [3.05, 3.63) is 29.3 Å². The number of hydrogen-bond acceptors (Lipinski definition) is 2. The highest BCUT2D eigenvalue weighted by Crippen LogP contribution is 2.32. The average molecular weight is 247 g/mol. The maximum atomic E-state index is 6.05. The normalized spacial score (nSPS) is 17.6. The molecule has 100 valence electrons. The first-order chi connectivity index (χ1) is 8.38. The molecule has 1 aliphatic carbocycles. The van der Waals surface area contributed by atoms with Crippen molar-refractivity contribution >= 4 is 0 Å². The van der Waals surface area contributed by atoms with E-state index in [1.807, 2.05) is 0 Å². The second kappa shape index (κ2) is 4.93. The fraction of sp³-hybridized carbons (Fsp3) is 0.625. The average Bonchev–Trinajstić information content (AvgIpc) is 3.09. The van der Waals surface area contributed by atoms with Crippen molar-refractivity contribution in [3.8, 4) is 5.75 Å². The van der Waals surface area contributed by atoms with E-state index in [2.05, 4.69) is 45.9 Å². The van der Waals surface area contributed by atoms with Crippen LogP contribution in [0.3, 0.4) is 0 Å². The Labute approximate surface area is 111 Å². The Morgan fingerprint density at radius 2 is 2.00 bits per heavy atom. The van der Waals surface area contributed by atoms with Crippen molar-refractivity contribution in [2.24, 2.45) is 11.7 Å². The molecular formula is C16H25NO. The van der Waals surface area contributed by atoms with E-state index in [-0.39, 0.29) is 11.5 Å². The molecule has 1 fully saturated rings. The third kappa shape index (κ3) is 3.26. The lowest BCUT2D eigenvalue weighted by Gasteiger charge is -2.21. The van der Waals surface area contributed by atoms with Crippen LogP contribution in [0.4, 0.5) is 0 Å². The summed E-state index contributed by atoms with van der Waals surface area (Å²) in [5, 5.41) is 0. The lowest BCUT2D eigenvalue weighted by molar-refractivity contribution is 0.274. The van der Waals surface area contributed by atoms with Gasteiger partial charge < -0.3 is 10.5 Å². The zero-order valence-electron chi connectivity index (χ0n) is 12.0. The van der Waals surface area contributed by atoms with Gasteiger partial charge in [0.05, 0.1) is 0 Å². The van der Waals surface area contributed by atoms with E-state index in [1.54, 1.807) is 0 Å². The molecule has 2 N–H and O–H groups in total. The fourth-order valence-corrected chi connectivity index (χ4v) is 2.12. The van der Waals surface area contributed by atoms with Gasteiger partial charge in [0.15, 0.2) is 0 Å². The van der Waals surface area contributed by atoms with Crippen molar-refractivity contribution in [1.82, 2.24) is 0 Å². The van der Waals surface area contributed by atoms with Crippen molar-refractivity contribution < 1.29 is 4.74 Å². The molecule has 0 bridgehead atoms. The number of benzene rings is 1. The molecule has 0 saturated heterocycles. The molecule has 0 radical (unpaired) electrons. The molecule has 2 nitrogen and oxygen atoms in total. The summed E-state index contributed by atoms with van der Waals surface area (Å²) in [6.45, 7) is 9.43. The van der Waals surface area contributed by atoms with Gasteiger partial charge in [-0.1, -0.05) is 32.9 Å². The molecule has 2 rings (SSSR count). The number of hydrogen-bond donors (Lipinski definition) is 1. The van der Waals surface area contributed by atoms with Gasteiger partial charge >= 0.3 is 0 Å². The zero-order valence-corrected chi connectivity index (χ0v) is 12.0. The predicted molar refractivity (Wildman–Crippen MR) is 76.1 cm³/mol. The van der Waals surface area contributed by atoms with E-state index < -0.39 is 0 Å². The van der Waals surface area contributed by atoms with Crippen LogP contribution >= 0.6 is 0 Å². The third-order valence-corrected chi connectivity index (χ3v) is 3.70. The van der Waals surface area contributed by atoms with Gasteiger partial charge in [-0.2, -0.15) is 0 Å². The summed E-state index contributed by atoms with van der Waals surface area (Å²) in [7, 11) is 0. The molecule has 2 heteroatoms. The molecule has 1 unspecified atom stereocenters. The zero-order chi connectivity index (χ0) is 13.3. The SMILES string of the molecule is Cc1cc(C(C)(C)C)ccc1OCC(N)C1CC1. The van der Waals surface area contributed by atoms with Crippen LogP contribution in [-0.2, 0) is 5.41 Å². The standard InChI is InChI=1S/C16H25NO/c1-11-9-13(16(2,3)4)7-8-15(11)18-10-14(17)12-5-6-12/h7-9,12,14H,5-6,10,17H2,1-4H3. The van der Waals surface area contributed by atoms with E-state index in [4.69, 9.17) is 10.5 Å². The summed E-state index contributed by atoms with van der Waals surface area (Å²) < 4.78 is 5.84. The van der Waals surface area contributed by atoms with Gasteiger partial charge in [-0.15, -0.1) is 0 Å². The third-order valence-electron chi connectivity index (χ3n) is 3.70. The molecule has 0 aliphatic heterocycles. The number of nitrogens with two attached hydrogens (primary N) is 1. The van der Waals surface area contributed by atoms with Crippen LogP contribution in [0.2, 0.25) is 0 Å². The van der Waals surface area contributed by atoms with Crippen LogP contribution in [0.5, 0.6) is 5.75 Å². The van der Waals surface area contributed by atoms with E-state index in [1.165, 1.54) is 24.0 Å². The first-order valence-corrected chi connectivity index (χ1v) is 6.87. The smallest absolute Gasteiger partial charge is 0.122 e. The van der Waals surface area contributed by atoms with Crippen LogP contribution in [0.15, 0.2) is 18.2 Å². The van der Waals surface area contributed by atoms with Crippen molar-refractivity contribution in [3.63, 3.8) is 0 Å². The summed E-state index contributed by atoms with van der Waals surface area (Å²) in [5.41, 5.74) is 8.78.